The van der Waals surface area contributed by atoms with E-state index in [1.54, 1.807) is 12.1 Å². The molecule has 3 rings (SSSR count). The van der Waals surface area contributed by atoms with E-state index in [4.69, 9.17) is 4.74 Å². The summed E-state index contributed by atoms with van der Waals surface area (Å²) in [7, 11) is -0.738. The van der Waals surface area contributed by atoms with Crippen molar-refractivity contribution in [2.75, 3.05) is 27.2 Å². The SMILES string of the molecule is CN(C)S(=O)(=O)c1cc(C(=O)NCC2COc3ccccc3C2)ccc1Br. The van der Waals surface area contributed by atoms with Crippen LogP contribution in [0.2, 0.25) is 0 Å². The molecule has 1 atom stereocenters. The summed E-state index contributed by atoms with van der Waals surface area (Å²) in [6.07, 6.45) is 0.830. The molecule has 0 saturated heterocycles. The Morgan fingerprint density at radius 3 is 2.74 bits per heavy atom. The number of fused-ring (bicyclic) bond motifs is 1. The van der Waals surface area contributed by atoms with E-state index in [1.165, 1.54) is 20.2 Å². The van der Waals surface area contributed by atoms with Crippen LogP contribution in [0, 0.1) is 5.92 Å². The summed E-state index contributed by atoms with van der Waals surface area (Å²) in [5, 5.41) is 2.88. The van der Waals surface area contributed by atoms with Crippen molar-refractivity contribution in [2.45, 2.75) is 11.3 Å². The highest BCUT2D eigenvalue weighted by Crippen LogP contribution is 2.27. The lowest BCUT2D eigenvalue weighted by Crippen LogP contribution is -2.35. The van der Waals surface area contributed by atoms with Gasteiger partial charge in [0.15, 0.2) is 0 Å². The third-order valence-electron chi connectivity index (χ3n) is 4.46. The van der Waals surface area contributed by atoms with Gasteiger partial charge in [-0.05, 0) is 52.2 Å². The summed E-state index contributed by atoms with van der Waals surface area (Å²) in [5.74, 6) is 0.757. The quantitative estimate of drug-likeness (QED) is 0.756. The summed E-state index contributed by atoms with van der Waals surface area (Å²) in [5.41, 5.74) is 1.43. The van der Waals surface area contributed by atoms with E-state index >= 15 is 0 Å². The Hall–Kier alpha value is -1.90. The molecule has 1 aliphatic heterocycles. The van der Waals surface area contributed by atoms with Gasteiger partial charge < -0.3 is 10.1 Å². The minimum Gasteiger partial charge on any atom is -0.493 e. The van der Waals surface area contributed by atoms with Crippen LogP contribution in [-0.4, -0.2) is 45.9 Å². The molecule has 2 aromatic carbocycles. The average molecular weight is 453 g/mol. The maximum absolute atomic E-state index is 12.5. The van der Waals surface area contributed by atoms with Crippen molar-refractivity contribution < 1.29 is 17.9 Å². The van der Waals surface area contributed by atoms with Crippen LogP contribution in [0.15, 0.2) is 51.8 Å². The molecule has 0 fully saturated rings. The van der Waals surface area contributed by atoms with E-state index in [-0.39, 0.29) is 16.7 Å². The fourth-order valence-electron chi connectivity index (χ4n) is 2.90. The lowest BCUT2D eigenvalue weighted by molar-refractivity contribution is 0.0939. The molecule has 0 spiro atoms. The Labute approximate surface area is 167 Å². The summed E-state index contributed by atoms with van der Waals surface area (Å²) in [6, 6.07) is 12.4. The molecule has 2 aromatic rings. The lowest BCUT2D eigenvalue weighted by atomic mass is 9.96. The fourth-order valence-corrected chi connectivity index (χ4v) is 4.74. The number of sulfonamides is 1. The zero-order chi connectivity index (χ0) is 19.6. The third-order valence-corrected chi connectivity index (χ3v) is 7.27. The highest BCUT2D eigenvalue weighted by atomic mass is 79.9. The number of benzene rings is 2. The second-order valence-electron chi connectivity index (χ2n) is 6.63. The second-order valence-corrected chi connectivity index (χ2v) is 9.61. The van der Waals surface area contributed by atoms with Crippen molar-refractivity contribution in [3.05, 3.63) is 58.1 Å². The fraction of sp³-hybridized carbons (Fsp3) is 0.316. The molecule has 1 unspecified atom stereocenters. The van der Waals surface area contributed by atoms with Gasteiger partial charge in [-0.15, -0.1) is 0 Å². The smallest absolute Gasteiger partial charge is 0.251 e. The van der Waals surface area contributed by atoms with Crippen LogP contribution in [-0.2, 0) is 16.4 Å². The van der Waals surface area contributed by atoms with Gasteiger partial charge in [0.25, 0.3) is 5.91 Å². The highest BCUT2D eigenvalue weighted by molar-refractivity contribution is 9.10. The predicted molar refractivity (Wildman–Crippen MR) is 106 cm³/mol. The zero-order valence-electron chi connectivity index (χ0n) is 15.1. The summed E-state index contributed by atoms with van der Waals surface area (Å²) in [6.45, 7) is 0.997. The molecule has 1 N–H and O–H groups in total. The van der Waals surface area contributed by atoms with Gasteiger partial charge in [0.1, 0.15) is 5.75 Å². The molecule has 0 saturated carbocycles. The Morgan fingerprint density at radius 2 is 2.00 bits per heavy atom. The lowest BCUT2D eigenvalue weighted by Gasteiger charge is -2.25. The van der Waals surface area contributed by atoms with Gasteiger partial charge in [0, 0.05) is 36.6 Å². The molecule has 144 valence electrons. The van der Waals surface area contributed by atoms with Crippen molar-refractivity contribution in [3.8, 4) is 5.75 Å². The number of amides is 1. The van der Waals surface area contributed by atoms with Gasteiger partial charge in [-0.25, -0.2) is 12.7 Å². The number of nitrogens with zero attached hydrogens (tertiary/aromatic N) is 1. The van der Waals surface area contributed by atoms with E-state index in [1.807, 2.05) is 24.3 Å². The number of rotatable bonds is 5. The van der Waals surface area contributed by atoms with E-state index in [2.05, 4.69) is 21.2 Å². The van der Waals surface area contributed by atoms with Gasteiger partial charge >= 0.3 is 0 Å². The van der Waals surface area contributed by atoms with Gasteiger partial charge in [0.2, 0.25) is 10.0 Å². The molecule has 0 aromatic heterocycles. The van der Waals surface area contributed by atoms with E-state index < -0.39 is 10.0 Å². The first-order chi connectivity index (χ1) is 12.8. The monoisotopic (exact) mass is 452 g/mol. The Balaban J connectivity index is 1.69. The third kappa shape index (κ3) is 4.34. The number of ether oxygens (including phenoxy) is 1. The van der Waals surface area contributed by atoms with E-state index in [0.29, 0.717) is 23.2 Å². The first-order valence-corrected chi connectivity index (χ1v) is 10.7. The second kappa shape index (κ2) is 8.00. The van der Waals surface area contributed by atoms with Crippen molar-refractivity contribution >= 4 is 31.9 Å². The van der Waals surface area contributed by atoms with Crippen LogP contribution in [0.5, 0.6) is 5.75 Å². The number of para-hydroxylation sites is 1. The van der Waals surface area contributed by atoms with Crippen molar-refractivity contribution in [2.24, 2.45) is 5.92 Å². The highest BCUT2D eigenvalue weighted by Gasteiger charge is 2.23. The molecule has 1 amide bonds. The molecule has 0 radical (unpaired) electrons. The number of hydrogen-bond acceptors (Lipinski definition) is 4. The number of hydrogen-bond donors (Lipinski definition) is 1. The molecular formula is C19H21BrN2O4S. The van der Waals surface area contributed by atoms with Gasteiger partial charge in [-0.1, -0.05) is 18.2 Å². The maximum atomic E-state index is 12.5. The van der Waals surface area contributed by atoms with E-state index in [0.717, 1.165) is 22.0 Å². The Bertz CT molecular complexity index is 960. The van der Waals surface area contributed by atoms with Gasteiger partial charge in [0.05, 0.1) is 11.5 Å². The number of carbonyl (C=O) groups excluding carboxylic acids is 1. The van der Waals surface area contributed by atoms with Crippen LogP contribution < -0.4 is 10.1 Å². The number of halogens is 1. The van der Waals surface area contributed by atoms with Crippen LogP contribution in [0.3, 0.4) is 0 Å². The van der Waals surface area contributed by atoms with Crippen molar-refractivity contribution in [1.82, 2.24) is 9.62 Å². The molecule has 1 heterocycles. The van der Waals surface area contributed by atoms with E-state index in [9.17, 15) is 13.2 Å². The van der Waals surface area contributed by atoms with Gasteiger partial charge in [-0.2, -0.15) is 0 Å². The Kier molecular flexibility index (Phi) is 5.88. The average Bonchev–Trinajstić information content (AvgIpc) is 2.66. The minimum absolute atomic E-state index is 0.0649. The van der Waals surface area contributed by atoms with Crippen LogP contribution in [0.4, 0.5) is 0 Å². The summed E-state index contributed by atoms with van der Waals surface area (Å²) < 4.78 is 32.1. The van der Waals surface area contributed by atoms with Crippen molar-refractivity contribution in [1.29, 1.82) is 0 Å². The summed E-state index contributed by atoms with van der Waals surface area (Å²) in [4.78, 5) is 12.6. The minimum atomic E-state index is -3.65. The zero-order valence-corrected chi connectivity index (χ0v) is 17.5. The topological polar surface area (TPSA) is 75.7 Å². The maximum Gasteiger partial charge on any atom is 0.251 e. The summed E-state index contributed by atoms with van der Waals surface area (Å²) >= 11 is 3.25. The van der Waals surface area contributed by atoms with Crippen molar-refractivity contribution in [3.63, 3.8) is 0 Å². The number of nitrogens with one attached hydrogen (secondary N) is 1. The van der Waals surface area contributed by atoms with Crippen LogP contribution in [0.25, 0.3) is 0 Å². The standard InChI is InChI=1S/C19H21BrN2O4S/c1-22(2)27(24,25)18-10-15(7-8-16(18)20)19(23)21-11-13-9-14-5-3-4-6-17(14)26-12-13/h3-8,10,13H,9,11-12H2,1-2H3,(H,21,23). The molecule has 8 heteroatoms. The molecular weight excluding hydrogens is 432 g/mol. The normalized spacial score (nSPS) is 16.5. The molecule has 27 heavy (non-hydrogen) atoms. The Morgan fingerprint density at radius 1 is 1.26 bits per heavy atom. The molecule has 0 aliphatic carbocycles. The first-order valence-electron chi connectivity index (χ1n) is 8.50. The molecule has 1 aliphatic rings. The number of carbonyl (C=O) groups is 1. The molecule has 6 nitrogen and oxygen atoms in total. The van der Waals surface area contributed by atoms with Crippen LogP contribution >= 0.6 is 15.9 Å². The predicted octanol–water partition coefficient (Wildman–Crippen LogP) is 2.68. The first kappa shape index (κ1) is 19.9. The van der Waals surface area contributed by atoms with Gasteiger partial charge in [-0.3, -0.25) is 4.79 Å². The van der Waals surface area contributed by atoms with Crippen LogP contribution in [0.1, 0.15) is 15.9 Å². The largest absolute Gasteiger partial charge is 0.493 e. The molecule has 0 bridgehead atoms.